The van der Waals surface area contributed by atoms with E-state index in [0.29, 0.717) is 17.5 Å². The highest BCUT2D eigenvalue weighted by Gasteiger charge is 2.37. The van der Waals surface area contributed by atoms with Crippen LogP contribution >= 0.6 is 0 Å². The molecule has 3 aromatic carbocycles. The predicted molar refractivity (Wildman–Crippen MR) is 150 cm³/mol. The number of nitrogens with zero attached hydrogens (tertiary/aromatic N) is 3. The number of benzene rings is 3. The molecule has 0 amide bonds. The SMILES string of the molecule is Cc1cc(-c2cc(CO)ccc2F)ccc1Cc1ccc(N2N=C(c3ccccn3)C(C)C2CC(=O)O)cc1. The van der Waals surface area contributed by atoms with Crippen molar-refractivity contribution in [2.45, 2.75) is 39.3 Å². The maximum Gasteiger partial charge on any atom is 0.305 e. The number of pyridine rings is 1. The molecule has 6 nitrogen and oxygen atoms in total. The summed E-state index contributed by atoms with van der Waals surface area (Å²) < 4.78 is 14.4. The first-order valence-corrected chi connectivity index (χ1v) is 12.9. The van der Waals surface area contributed by atoms with Gasteiger partial charge in [-0.05, 0) is 77.6 Å². The van der Waals surface area contributed by atoms with E-state index in [0.717, 1.165) is 39.3 Å². The van der Waals surface area contributed by atoms with E-state index in [4.69, 9.17) is 5.10 Å². The van der Waals surface area contributed by atoms with Crippen LogP contribution in [0.2, 0.25) is 0 Å². The summed E-state index contributed by atoms with van der Waals surface area (Å²) in [5, 5.41) is 25.6. The lowest BCUT2D eigenvalue weighted by molar-refractivity contribution is -0.137. The summed E-state index contributed by atoms with van der Waals surface area (Å²) >= 11 is 0. The number of halogens is 1. The van der Waals surface area contributed by atoms with E-state index in [9.17, 15) is 19.4 Å². The summed E-state index contributed by atoms with van der Waals surface area (Å²) in [5.74, 6) is -1.28. The zero-order valence-corrected chi connectivity index (χ0v) is 21.9. The minimum Gasteiger partial charge on any atom is -0.481 e. The Labute approximate surface area is 227 Å². The first-order valence-electron chi connectivity index (χ1n) is 12.9. The molecule has 1 aliphatic heterocycles. The van der Waals surface area contributed by atoms with Gasteiger partial charge < -0.3 is 10.2 Å². The normalized spacial score (nSPS) is 16.8. The van der Waals surface area contributed by atoms with E-state index in [1.807, 2.05) is 79.5 Å². The summed E-state index contributed by atoms with van der Waals surface area (Å²) in [6, 6.07) is 23.9. The maximum atomic E-state index is 14.4. The van der Waals surface area contributed by atoms with E-state index >= 15 is 0 Å². The van der Waals surface area contributed by atoms with Crippen LogP contribution < -0.4 is 5.01 Å². The molecule has 198 valence electrons. The van der Waals surface area contributed by atoms with E-state index < -0.39 is 5.97 Å². The van der Waals surface area contributed by atoms with Crippen LogP contribution in [0.4, 0.5) is 10.1 Å². The Morgan fingerprint density at radius 1 is 1.00 bits per heavy atom. The monoisotopic (exact) mass is 523 g/mol. The van der Waals surface area contributed by atoms with Crippen LogP contribution in [0.5, 0.6) is 0 Å². The Bertz CT molecular complexity index is 1520. The predicted octanol–water partition coefficient (Wildman–Crippen LogP) is 5.98. The summed E-state index contributed by atoms with van der Waals surface area (Å²) in [7, 11) is 0. The minimum atomic E-state index is -0.868. The Kier molecular flexibility index (Phi) is 7.52. The molecule has 1 aromatic heterocycles. The zero-order valence-electron chi connectivity index (χ0n) is 21.9. The number of anilines is 1. The Balaban J connectivity index is 1.37. The van der Waals surface area contributed by atoms with Crippen molar-refractivity contribution in [1.29, 1.82) is 0 Å². The number of aliphatic hydroxyl groups is 1. The molecule has 7 heteroatoms. The standard InChI is InChI=1S/C32H30FN3O3/c1-20-15-25(27-17-23(19-37)8-13-28(27)33)10-9-24(20)16-22-6-11-26(12-7-22)36-30(18-31(38)39)21(2)32(35-36)29-5-3-4-14-34-29/h3-15,17,21,30,37H,16,18-19H2,1-2H3,(H,38,39). The lowest BCUT2D eigenvalue weighted by Gasteiger charge is -2.25. The Hall–Kier alpha value is -4.36. The average molecular weight is 524 g/mol. The summed E-state index contributed by atoms with van der Waals surface area (Å²) in [6.45, 7) is 3.87. The fourth-order valence-electron chi connectivity index (χ4n) is 5.11. The fraction of sp³-hybridized carbons (Fsp3) is 0.219. The molecule has 5 rings (SSSR count). The van der Waals surface area contributed by atoms with Gasteiger partial charge in [0, 0.05) is 17.7 Å². The zero-order chi connectivity index (χ0) is 27.5. The Morgan fingerprint density at radius 3 is 2.44 bits per heavy atom. The first kappa shape index (κ1) is 26.3. The molecular weight excluding hydrogens is 493 g/mol. The number of aliphatic carboxylic acids is 1. The molecule has 0 bridgehead atoms. The molecule has 2 heterocycles. The van der Waals surface area contributed by atoms with E-state index in [-0.39, 0.29) is 30.8 Å². The van der Waals surface area contributed by atoms with Crippen LogP contribution in [0, 0.1) is 18.7 Å². The van der Waals surface area contributed by atoms with Gasteiger partial charge in [-0.1, -0.05) is 49.4 Å². The fourth-order valence-corrected chi connectivity index (χ4v) is 5.11. The lowest BCUT2D eigenvalue weighted by Crippen LogP contribution is -2.34. The van der Waals surface area contributed by atoms with Gasteiger partial charge in [0.2, 0.25) is 0 Å². The van der Waals surface area contributed by atoms with Crippen LogP contribution in [0.1, 0.15) is 41.3 Å². The molecule has 2 unspecified atom stereocenters. The summed E-state index contributed by atoms with van der Waals surface area (Å²) in [6.07, 6.45) is 2.38. The van der Waals surface area contributed by atoms with Gasteiger partial charge in [-0.25, -0.2) is 4.39 Å². The van der Waals surface area contributed by atoms with E-state index in [1.165, 1.54) is 6.07 Å². The number of hydrazone groups is 1. The number of carboxylic acids is 1. The molecule has 0 spiro atoms. The van der Waals surface area contributed by atoms with Crippen LogP contribution in [0.15, 0.2) is 90.2 Å². The minimum absolute atomic E-state index is 0.0316. The van der Waals surface area contributed by atoms with Crippen LogP contribution in [-0.4, -0.2) is 32.9 Å². The van der Waals surface area contributed by atoms with Crippen molar-refractivity contribution in [2.24, 2.45) is 11.0 Å². The number of aliphatic hydroxyl groups excluding tert-OH is 1. The highest BCUT2D eigenvalue weighted by molar-refractivity contribution is 6.03. The van der Waals surface area contributed by atoms with Gasteiger partial charge in [-0.3, -0.25) is 14.8 Å². The average Bonchev–Trinajstić information content (AvgIpc) is 3.26. The van der Waals surface area contributed by atoms with Gasteiger partial charge in [0.25, 0.3) is 0 Å². The lowest BCUT2D eigenvalue weighted by atomic mass is 9.92. The van der Waals surface area contributed by atoms with Gasteiger partial charge in [-0.2, -0.15) is 5.10 Å². The smallest absolute Gasteiger partial charge is 0.305 e. The molecular formula is C32H30FN3O3. The third-order valence-electron chi connectivity index (χ3n) is 7.31. The van der Waals surface area contributed by atoms with Gasteiger partial charge in [0.1, 0.15) is 5.82 Å². The van der Waals surface area contributed by atoms with Crippen LogP contribution in [0.25, 0.3) is 11.1 Å². The van der Waals surface area contributed by atoms with E-state index in [1.54, 1.807) is 18.3 Å². The number of carbonyl (C=O) groups is 1. The molecule has 4 aromatic rings. The molecule has 0 fully saturated rings. The molecule has 1 aliphatic rings. The van der Waals surface area contributed by atoms with Crippen molar-refractivity contribution >= 4 is 17.4 Å². The number of carboxylic acid groups (broad SMARTS) is 1. The van der Waals surface area contributed by atoms with Gasteiger partial charge in [-0.15, -0.1) is 0 Å². The first-order chi connectivity index (χ1) is 18.8. The van der Waals surface area contributed by atoms with Crippen molar-refractivity contribution in [3.63, 3.8) is 0 Å². The highest BCUT2D eigenvalue weighted by Crippen LogP contribution is 2.33. The third-order valence-corrected chi connectivity index (χ3v) is 7.31. The number of rotatable bonds is 8. The molecule has 2 N–H and O–H groups in total. The molecule has 39 heavy (non-hydrogen) atoms. The van der Waals surface area contributed by atoms with Gasteiger partial charge in [0.15, 0.2) is 0 Å². The second-order valence-corrected chi connectivity index (χ2v) is 9.96. The van der Waals surface area contributed by atoms with Crippen molar-refractivity contribution in [3.8, 4) is 11.1 Å². The molecule has 0 saturated carbocycles. The second-order valence-electron chi connectivity index (χ2n) is 9.96. The number of aromatic nitrogens is 1. The second kappa shape index (κ2) is 11.2. The summed E-state index contributed by atoms with van der Waals surface area (Å²) in [4.78, 5) is 16.1. The van der Waals surface area contributed by atoms with Crippen molar-refractivity contribution < 1.29 is 19.4 Å². The van der Waals surface area contributed by atoms with Crippen molar-refractivity contribution in [1.82, 2.24) is 4.98 Å². The quantitative estimate of drug-likeness (QED) is 0.297. The Morgan fingerprint density at radius 2 is 1.77 bits per heavy atom. The topological polar surface area (TPSA) is 86.0 Å². The third kappa shape index (κ3) is 5.59. The maximum absolute atomic E-state index is 14.4. The largest absolute Gasteiger partial charge is 0.481 e. The van der Waals surface area contributed by atoms with Crippen molar-refractivity contribution in [2.75, 3.05) is 5.01 Å². The number of aryl methyl sites for hydroxylation is 1. The molecule has 2 atom stereocenters. The molecule has 0 aliphatic carbocycles. The number of hydrogen-bond acceptors (Lipinski definition) is 5. The van der Waals surface area contributed by atoms with Gasteiger partial charge >= 0.3 is 5.97 Å². The van der Waals surface area contributed by atoms with Crippen molar-refractivity contribution in [3.05, 3.63) is 119 Å². The highest BCUT2D eigenvalue weighted by atomic mass is 19.1. The van der Waals surface area contributed by atoms with Crippen LogP contribution in [-0.2, 0) is 17.8 Å². The van der Waals surface area contributed by atoms with Crippen LogP contribution in [0.3, 0.4) is 0 Å². The summed E-state index contributed by atoms with van der Waals surface area (Å²) in [5.41, 5.74) is 7.54. The van der Waals surface area contributed by atoms with E-state index in [2.05, 4.69) is 4.98 Å². The van der Waals surface area contributed by atoms with Gasteiger partial charge in [0.05, 0.1) is 36.2 Å². The number of hydrogen-bond donors (Lipinski definition) is 2. The molecule has 0 saturated heterocycles. The molecule has 0 radical (unpaired) electrons.